The summed E-state index contributed by atoms with van der Waals surface area (Å²) >= 11 is 0. The largest absolute Gasteiger partial charge is 0.494 e. The van der Waals surface area contributed by atoms with Gasteiger partial charge in [0.1, 0.15) is 23.6 Å². The number of hydrogen-bond acceptors (Lipinski definition) is 24. The van der Waals surface area contributed by atoms with Crippen molar-refractivity contribution in [2.75, 3.05) is 178 Å². The van der Waals surface area contributed by atoms with Crippen LogP contribution in [0.15, 0.2) is 85.5 Å². The molecule has 5 aromatic heterocycles. The van der Waals surface area contributed by atoms with Crippen LogP contribution in [0, 0.1) is 28.8 Å². The molecule has 2 aromatic carbocycles. The number of hydrogen-bond donors (Lipinski definition) is 3. The number of imidazole rings is 1. The molecule has 7 heterocycles. The Morgan fingerprint density at radius 3 is 1.98 bits per heavy atom. The van der Waals surface area contributed by atoms with Gasteiger partial charge < -0.3 is 72.5 Å². The molecule has 544 valence electrons. The third-order valence-corrected chi connectivity index (χ3v) is 16.4. The van der Waals surface area contributed by atoms with E-state index in [9.17, 15) is 37.6 Å². The number of ether oxygens (including phenoxy) is 10. The number of rotatable bonds is 46. The zero-order chi connectivity index (χ0) is 70.8. The number of benzene rings is 2. The quantitative estimate of drug-likeness (QED) is 0.0117. The van der Waals surface area contributed by atoms with Crippen LogP contribution in [0.25, 0.3) is 22.3 Å². The number of carbonyl (C=O) groups is 4. The average molecular weight is 1410 g/mol. The van der Waals surface area contributed by atoms with E-state index in [-0.39, 0.29) is 49.2 Å². The maximum atomic E-state index is 13.9. The number of piperidine rings is 1. The zero-order valence-electron chi connectivity index (χ0n) is 56.7. The molecule has 2 amide bonds. The van der Waals surface area contributed by atoms with Crippen molar-refractivity contribution in [1.82, 2.24) is 74.6 Å². The van der Waals surface area contributed by atoms with E-state index in [1.165, 1.54) is 35.4 Å². The van der Waals surface area contributed by atoms with Gasteiger partial charge in [-0.15, -0.1) is 10.2 Å². The Bertz CT molecular complexity index is 3740. The van der Waals surface area contributed by atoms with Gasteiger partial charge in [0.2, 0.25) is 11.6 Å². The molecule has 0 spiro atoms. The van der Waals surface area contributed by atoms with Crippen LogP contribution in [0.4, 0.5) is 13.2 Å². The molecule has 2 aliphatic rings. The summed E-state index contributed by atoms with van der Waals surface area (Å²) in [5.41, 5.74) is 4.54. The van der Waals surface area contributed by atoms with E-state index >= 15 is 0 Å². The first kappa shape index (κ1) is 76.3. The number of allylic oxidation sites excluding steroid dienone is 1. The van der Waals surface area contributed by atoms with Crippen LogP contribution in [0.1, 0.15) is 70.0 Å². The minimum Gasteiger partial charge on any atom is -0.494 e. The molecule has 9 rings (SSSR count). The van der Waals surface area contributed by atoms with Crippen molar-refractivity contribution in [3.63, 3.8) is 0 Å². The predicted molar refractivity (Wildman–Crippen MR) is 357 cm³/mol. The molecule has 101 heavy (non-hydrogen) atoms. The van der Waals surface area contributed by atoms with Gasteiger partial charge in [0.25, 0.3) is 17.6 Å². The molecule has 0 saturated carbocycles. The summed E-state index contributed by atoms with van der Waals surface area (Å²) in [5, 5.41) is 25.9. The standard InChI is InChI=1S/C68H87F3N16O14/c1-92-59-44-76-66(62-61(59)56(43-75-62)63(89)68(91)85-16-9-51(10-17-85)55(41-72)50-7-3-2-4-8-50)87-49-78-65(80-87)67(90)74-12-5-13-84(45-53-42-73-48-77-53)15-6-14-82-18-20-83(21-19-82)22-25-94-28-31-97-35-36-99-37-38-100-47-54-46-86(81-79-54)23-26-95-29-32-98-34-33-96-30-27-93-24-11-60(88)101-64-57(70)39-52(69)40-58(64)71/h2-4,7-8,39-40,42-44,46,48-49,75H,5-6,9-38,45,47H2,1H3,(H,73,77)(H,74,90). The van der Waals surface area contributed by atoms with Crippen molar-refractivity contribution in [2.24, 2.45) is 0 Å². The van der Waals surface area contributed by atoms with E-state index in [0.717, 1.165) is 75.6 Å². The number of nitriles is 1. The summed E-state index contributed by atoms with van der Waals surface area (Å²) < 4.78 is 98.1. The van der Waals surface area contributed by atoms with Crippen LogP contribution in [0.5, 0.6) is 11.5 Å². The van der Waals surface area contributed by atoms with Gasteiger partial charge in [-0.05, 0) is 49.9 Å². The molecule has 0 bridgehead atoms. The van der Waals surface area contributed by atoms with Gasteiger partial charge in [0.15, 0.2) is 17.5 Å². The topological polar surface area (TPSA) is 328 Å². The average Bonchev–Trinajstić information content (AvgIpc) is 1.63. The number of Topliss-reactive ketones (excluding diaryl/α,β-unsaturated/α-hetero) is 1. The van der Waals surface area contributed by atoms with E-state index in [0.29, 0.717) is 172 Å². The lowest BCUT2D eigenvalue weighted by molar-refractivity contribution is -0.136. The van der Waals surface area contributed by atoms with Crippen LogP contribution in [0.3, 0.4) is 0 Å². The Hall–Kier alpha value is -8.92. The fourth-order valence-electron chi connectivity index (χ4n) is 11.2. The molecule has 30 nitrogen and oxygen atoms in total. The second kappa shape index (κ2) is 41.7. The molecular formula is C68H87F3N16O14. The molecule has 2 fully saturated rings. The van der Waals surface area contributed by atoms with Crippen molar-refractivity contribution in [3.05, 3.63) is 131 Å². The number of nitrogens with one attached hydrogen (secondary N) is 3. The molecule has 0 unspecified atom stereocenters. The number of H-pyrrole nitrogens is 2. The highest BCUT2D eigenvalue weighted by Gasteiger charge is 2.31. The van der Waals surface area contributed by atoms with Gasteiger partial charge in [-0.25, -0.2) is 32.8 Å². The van der Waals surface area contributed by atoms with Crippen LogP contribution < -0.4 is 14.8 Å². The summed E-state index contributed by atoms with van der Waals surface area (Å²) in [4.78, 5) is 80.8. The second-order valence-corrected chi connectivity index (χ2v) is 23.4. The first-order chi connectivity index (χ1) is 49.4. The number of amides is 2. The van der Waals surface area contributed by atoms with Crippen LogP contribution in [-0.4, -0.2) is 271 Å². The second-order valence-electron chi connectivity index (χ2n) is 23.4. The van der Waals surface area contributed by atoms with Gasteiger partial charge in [-0.2, -0.15) is 9.94 Å². The molecule has 2 saturated heterocycles. The molecule has 0 aliphatic carbocycles. The smallest absolute Gasteiger partial charge is 0.313 e. The van der Waals surface area contributed by atoms with E-state index < -0.39 is 46.8 Å². The third kappa shape index (κ3) is 24.4. The van der Waals surface area contributed by atoms with Crippen molar-refractivity contribution >= 4 is 40.0 Å². The van der Waals surface area contributed by atoms with Gasteiger partial charge >= 0.3 is 5.97 Å². The number of carbonyl (C=O) groups excluding carboxylic acids is 4. The van der Waals surface area contributed by atoms with Crippen molar-refractivity contribution in [3.8, 4) is 23.4 Å². The Morgan fingerprint density at radius 1 is 0.713 bits per heavy atom. The van der Waals surface area contributed by atoms with Crippen LogP contribution >= 0.6 is 0 Å². The zero-order valence-corrected chi connectivity index (χ0v) is 56.7. The molecule has 0 radical (unpaired) electrons. The Morgan fingerprint density at radius 2 is 1.34 bits per heavy atom. The highest BCUT2D eigenvalue weighted by Crippen LogP contribution is 2.33. The summed E-state index contributed by atoms with van der Waals surface area (Å²) in [6.45, 7) is 15.3. The van der Waals surface area contributed by atoms with Crippen molar-refractivity contribution in [1.29, 1.82) is 5.26 Å². The first-order valence-corrected chi connectivity index (χ1v) is 33.7. The van der Waals surface area contributed by atoms with Gasteiger partial charge in [0, 0.05) is 95.7 Å². The fraction of sp³-hybridized carbons (Fsp3) is 0.515. The van der Waals surface area contributed by atoms with Gasteiger partial charge in [0.05, 0.1) is 173 Å². The molecular weight excluding hydrogens is 1320 g/mol. The number of methoxy groups -OCH3 is 1. The Balaban J connectivity index is 0.550. The first-order valence-electron chi connectivity index (χ1n) is 33.7. The summed E-state index contributed by atoms with van der Waals surface area (Å²) in [7, 11) is 1.45. The lowest BCUT2D eigenvalue weighted by Crippen LogP contribution is -2.47. The number of pyridine rings is 1. The Kier molecular flexibility index (Phi) is 31.5. The van der Waals surface area contributed by atoms with Crippen molar-refractivity contribution < 1.29 is 79.7 Å². The maximum Gasteiger partial charge on any atom is 0.313 e. The van der Waals surface area contributed by atoms with Crippen molar-refractivity contribution in [2.45, 2.75) is 51.8 Å². The lowest BCUT2D eigenvalue weighted by Gasteiger charge is -2.35. The molecule has 7 aromatic rings. The summed E-state index contributed by atoms with van der Waals surface area (Å²) in [5.74, 6) is -7.00. The molecule has 3 N–H and O–H groups in total. The number of aromatic amines is 2. The van der Waals surface area contributed by atoms with E-state index in [4.69, 9.17) is 42.6 Å². The highest BCUT2D eigenvalue weighted by molar-refractivity contribution is 6.45. The van der Waals surface area contributed by atoms with E-state index in [2.05, 4.69) is 71.2 Å². The number of fused-ring (bicyclic) bond motifs is 1. The number of nitrogens with zero attached hydrogens (tertiary/aromatic N) is 13. The number of piperazine rings is 1. The lowest BCUT2D eigenvalue weighted by atomic mass is 9.93. The Labute approximate surface area is 582 Å². The number of aromatic nitrogens is 10. The number of halogens is 3. The molecule has 33 heteroatoms. The minimum atomic E-state index is -1.31. The fourth-order valence-corrected chi connectivity index (χ4v) is 11.2. The monoisotopic (exact) mass is 1410 g/mol. The summed E-state index contributed by atoms with van der Waals surface area (Å²) in [6, 6.07) is 12.6. The number of esters is 1. The van der Waals surface area contributed by atoms with Crippen LogP contribution in [0.2, 0.25) is 0 Å². The minimum absolute atomic E-state index is 0.0537. The van der Waals surface area contributed by atoms with Gasteiger partial charge in [-0.3, -0.25) is 29.0 Å². The maximum absolute atomic E-state index is 13.9. The SMILES string of the molecule is COc1cnc(-n2cnc(C(=O)NCCCN(CCCN3CCN(CCOCCOCCOCCOCc4cn(CCOCCOCCOCCOCCC(=O)Oc5c(F)cc(F)cc5F)nn4)CC3)Cc3cnc[nH]3)n2)c2[nH]cc(C(=O)C(=O)N3CCC(=C(C#N)c4ccccc4)CC3)c12. The normalized spacial score (nSPS) is 13.7. The van der Waals surface area contributed by atoms with E-state index in [1.54, 1.807) is 17.2 Å². The molecule has 0 atom stereocenters. The number of likely N-dealkylation sites (tertiary alicyclic amines) is 1. The predicted octanol–water partition coefficient (Wildman–Crippen LogP) is 4.63. The highest BCUT2D eigenvalue weighted by atomic mass is 19.1. The third-order valence-electron chi connectivity index (χ3n) is 16.4. The van der Waals surface area contributed by atoms with Crippen LogP contribution in [-0.2, 0) is 67.2 Å². The van der Waals surface area contributed by atoms with Gasteiger partial charge in [-0.1, -0.05) is 35.5 Å². The number of ketones is 1. The summed E-state index contributed by atoms with van der Waals surface area (Å²) in [6.07, 6.45) is 11.9. The molecule has 2 aliphatic heterocycles. The van der Waals surface area contributed by atoms with E-state index in [1.807, 2.05) is 36.5 Å².